The third-order valence-corrected chi connectivity index (χ3v) is 5.72. The third-order valence-electron chi connectivity index (χ3n) is 4.61. The molecule has 1 aromatic heterocycles. The fourth-order valence-electron chi connectivity index (χ4n) is 3.43. The van der Waals surface area contributed by atoms with Crippen LogP contribution in [0, 0.1) is 5.82 Å². The van der Waals surface area contributed by atoms with Crippen molar-refractivity contribution in [3.63, 3.8) is 0 Å². The predicted molar refractivity (Wildman–Crippen MR) is 98.6 cm³/mol. The molecular weight excluding hydrogens is 335 g/mol. The van der Waals surface area contributed by atoms with Crippen molar-refractivity contribution in [1.82, 2.24) is 0 Å². The summed E-state index contributed by atoms with van der Waals surface area (Å²) in [5.74, 6) is -0.00415. The third kappa shape index (κ3) is 3.51. The molecule has 1 saturated heterocycles. The van der Waals surface area contributed by atoms with Gasteiger partial charge in [0, 0.05) is 28.8 Å². The fraction of sp³-hybridized carbons (Fsp3) is 0.286. The normalized spacial score (nSPS) is 21.0. The highest BCUT2D eigenvalue weighted by Crippen LogP contribution is 2.32. The monoisotopic (exact) mass is 354 g/mol. The van der Waals surface area contributed by atoms with Gasteiger partial charge in [-0.3, -0.25) is 4.79 Å². The molecule has 0 spiro atoms. The minimum atomic E-state index is -0.266. The maximum absolute atomic E-state index is 14.3. The van der Waals surface area contributed by atoms with E-state index in [9.17, 15) is 9.18 Å². The first-order valence-corrected chi connectivity index (χ1v) is 9.33. The van der Waals surface area contributed by atoms with Gasteiger partial charge in [0.2, 0.25) is 0 Å². The number of rotatable bonds is 3. The van der Waals surface area contributed by atoms with Gasteiger partial charge in [-0.1, -0.05) is 24.3 Å². The molecule has 2 heterocycles. The van der Waals surface area contributed by atoms with Gasteiger partial charge >= 0.3 is 0 Å². The molecule has 3 aromatic rings. The van der Waals surface area contributed by atoms with Gasteiger partial charge in [-0.25, -0.2) is 4.39 Å². The minimum absolute atomic E-state index is 0.0812. The van der Waals surface area contributed by atoms with Crippen LogP contribution in [0.2, 0.25) is 0 Å². The van der Waals surface area contributed by atoms with E-state index in [4.69, 9.17) is 4.74 Å². The Morgan fingerprint density at radius 2 is 2.00 bits per heavy atom. The second-order valence-electron chi connectivity index (χ2n) is 6.66. The SMILES string of the molecule is C[C@@H]1CC(=O)C[C@H](c2ccc(F)c(Cc3cc4ccccc4s3)c2)O1. The molecule has 0 N–H and O–H groups in total. The van der Waals surface area contributed by atoms with Crippen LogP contribution in [0.25, 0.3) is 10.1 Å². The predicted octanol–water partition coefficient (Wildman–Crippen LogP) is 5.44. The molecule has 0 amide bonds. The molecule has 4 rings (SSSR count). The number of hydrogen-bond donors (Lipinski definition) is 0. The van der Waals surface area contributed by atoms with Crippen LogP contribution in [0.5, 0.6) is 0 Å². The van der Waals surface area contributed by atoms with Gasteiger partial charge in [0.05, 0.1) is 12.2 Å². The molecule has 0 aliphatic carbocycles. The lowest BCUT2D eigenvalue weighted by atomic mass is 9.95. The van der Waals surface area contributed by atoms with Crippen LogP contribution in [0.15, 0.2) is 48.5 Å². The Kier molecular flexibility index (Phi) is 4.40. The van der Waals surface area contributed by atoms with Gasteiger partial charge in [-0.15, -0.1) is 11.3 Å². The topological polar surface area (TPSA) is 26.3 Å². The summed E-state index contributed by atoms with van der Waals surface area (Å²) in [7, 11) is 0. The van der Waals surface area contributed by atoms with Crippen LogP contribution in [-0.2, 0) is 16.0 Å². The molecule has 0 bridgehead atoms. The zero-order valence-corrected chi connectivity index (χ0v) is 14.8. The zero-order valence-electron chi connectivity index (χ0n) is 14.0. The van der Waals surface area contributed by atoms with Crippen LogP contribution in [0.3, 0.4) is 0 Å². The van der Waals surface area contributed by atoms with Crippen molar-refractivity contribution in [2.75, 3.05) is 0 Å². The maximum atomic E-state index is 14.3. The number of benzene rings is 2. The van der Waals surface area contributed by atoms with E-state index in [0.29, 0.717) is 24.8 Å². The Morgan fingerprint density at radius 3 is 2.80 bits per heavy atom. The summed E-state index contributed by atoms with van der Waals surface area (Å²) in [6.45, 7) is 1.91. The van der Waals surface area contributed by atoms with Crippen molar-refractivity contribution >= 4 is 27.2 Å². The number of Topliss-reactive ketones (excluding diaryl/α,β-unsaturated/α-hetero) is 1. The Hall–Kier alpha value is -2.04. The molecule has 1 aliphatic rings. The lowest BCUT2D eigenvalue weighted by Crippen LogP contribution is -2.26. The van der Waals surface area contributed by atoms with Crippen molar-refractivity contribution < 1.29 is 13.9 Å². The number of fused-ring (bicyclic) bond motifs is 1. The summed E-state index contributed by atoms with van der Waals surface area (Å²) >= 11 is 1.69. The summed E-state index contributed by atoms with van der Waals surface area (Å²) in [6.07, 6.45) is 1.04. The van der Waals surface area contributed by atoms with E-state index in [-0.39, 0.29) is 23.8 Å². The molecule has 0 saturated carbocycles. The number of ketones is 1. The highest BCUT2D eigenvalue weighted by Gasteiger charge is 2.26. The number of halogens is 1. The quantitative estimate of drug-likeness (QED) is 0.626. The Bertz CT molecular complexity index is 898. The van der Waals surface area contributed by atoms with Crippen LogP contribution in [0.4, 0.5) is 4.39 Å². The van der Waals surface area contributed by atoms with E-state index >= 15 is 0 Å². The van der Waals surface area contributed by atoms with E-state index in [1.54, 1.807) is 17.4 Å². The highest BCUT2D eigenvalue weighted by atomic mass is 32.1. The molecule has 2 nitrogen and oxygen atoms in total. The van der Waals surface area contributed by atoms with Crippen LogP contribution < -0.4 is 0 Å². The summed E-state index contributed by atoms with van der Waals surface area (Å²) in [5, 5.41) is 1.19. The van der Waals surface area contributed by atoms with E-state index in [1.807, 2.05) is 25.1 Å². The first-order chi connectivity index (χ1) is 12.1. The molecule has 4 heteroatoms. The highest BCUT2D eigenvalue weighted by molar-refractivity contribution is 7.19. The summed E-state index contributed by atoms with van der Waals surface area (Å²) < 4.78 is 21.4. The number of carbonyl (C=O) groups excluding carboxylic acids is 1. The first-order valence-electron chi connectivity index (χ1n) is 8.51. The molecule has 25 heavy (non-hydrogen) atoms. The van der Waals surface area contributed by atoms with Gasteiger partial charge in [-0.05, 0) is 47.7 Å². The first kappa shape index (κ1) is 16.4. The molecular formula is C21H19FO2S. The standard InChI is InChI=1S/C21H19FO2S/c1-13-8-17(23)12-20(24-13)14-6-7-19(22)16(9-14)11-18-10-15-4-2-3-5-21(15)25-18/h2-7,9-10,13,20H,8,11-12H2,1H3/t13-,20-/m1/s1. The molecule has 0 radical (unpaired) electrons. The van der Waals surface area contributed by atoms with Crippen molar-refractivity contribution in [2.45, 2.75) is 38.4 Å². The Balaban J connectivity index is 1.62. The smallest absolute Gasteiger partial charge is 0.138 e. The number of hydrogen-bond acceptors (Lipinski definition) is 3. The number of thiophene rings is 1. The van der Waals surface area contributed by atoms with E-state index in [2.05, 4.69) is 18.2 Å². The summed E-state index contributed by atoms with van der Waals surface area (Å²) in [5.41, 5.74) is 1.54. The van der Waals surface area contributed by atoms with Gasteiger partial charge in [0.15, 0.2) is 0 Å². The summed E-state index contributed by atoms with van der Waals surface area (Å²) in [4.78, 5) is 13.0. The maximum Gasteiger partial charge on any atom is 0.138 e. The van der Waals surface area contributed by atoms with Crippen LogP contribution >= 0.6 is 11.3 Å². The second-order valence-corrected chi connectivity index (χ2v) is 7.83. The van der Waals surface area contributed by atoms with Crippen molar-refractivity contribution in [1.29, 1.82) is 0 Å². The molecule has 2 aromatic carbocycles. The summed E-state index contributed by atoms with van der Waals surface area (Å²) in [6, 6.07) is 15.4. The second kappa shape index (κ2) is 6.70. The number of carbonyl (C=O) groups is 1. The number of ether oxygens (including phenoxy) is 1. The fourth-order valence-corrected chi connectivity index (χ4v) is 4.51. The molecule has 2 atom stereocenters. The lowest BCUT2D eigenvalue weighted by Gasteiger charge is -2.27. The van der Waals surface area contributed by atoms with E-state index in [1.165, 1.54) is 16.2 Å². The Morgan fingerprint density at radius 1 is 1.16 bits per heavy atom. The van der Waals surface area contributed by atoms with Gasteiger partial charge in [0.25, 0.3) is 0 Å². The molecule has 128 valence electrons. The van der Waals surface area contributed by atoms with E-state index < -0.39 is 0 Å². The van der Waals surface area contributed by atoms with Crippen molar-refractivity contribution in [2.24, 2.45) is 0 Å². The van der Waals surface area contributed by atoms with Crippen LogP contribution in [0.1, 0.15) is 41.9 Å². The van der Waals surface area contributed by atoms with Gasteiger partial charge < -0.3 is 4.74 Å². The van der Waals surface area contributed by atoms with Crippen molar-refractivity contribution in [3.8, 4) is 0 Å². The van der Waals surface area contributed by atoms with Gasteiger partial charge in [-0.2, -0.15) is 0 Å². The average molecular weight is 354 g/mol. The lowest BCUT2D eigenvalue weighted by molar-refractivity contribution is -0.134. The van der Waals surface area contributed by atoms with Crippen molar-refractivity contribution in [3.05, 3.63) is 70.4 Å². The van der Waals surface area contributed by atoms with Gasteiger partial charge in [0.1, 0.15) is 11.6 Å². The largest absolute Gasteiger partial charge is 0.370 e. The molecule has 1 aliphatic heterocycles. The molecule has 0 unspecified atom stereocenters. The van der Waals surface area contributed by atoms with E-state index in [0.717, 1.165) is 10.4 Å². The molecule has 1 fully saturated rings. The zero-order chi connectivity index (χ0) is 17.4. The van der Waals surface area contributed by atoms with Crippen LogP contribution in [-0.4, -0.2) is 11.9 Å². The Labute approximate surface area is 150 Å². The minimum Gasteiger partial charge on any atom is -0.370 e. The average Bonchev–Trinajstić information content (AvgIpc) is 2.98.